The number of halogens is 2. The van der Waals surface area contributed by atoms with Crippen LogP contribution in [0.2, 0.25) is 0 Å². The monoisotopic (exact) mass is 343 g/mol. The molecule has 0 bridgehead atoms. The molecule has 6 nitrogen and oxygen atoms in total. The van der Waals surface area contributed by atoms with Gasteiger partial charge in [-0.05, 0) is 25.1 Å². The summed E-state index contributed by atoms with van der Waals surface area (Å²) < 4.78 is 57.8. The molecular weight excluding hydrogens is 333 g/mol. The van der Waals surface area contributed by atoms with Crippen LogP contribution < -0.4 is 5.32 Å². The number of anilines is 1. The van der Waals surface area contributed by atoms with E-state index in [4.69, 9.17) is 10.7 Å². The predicted molar refractivity (Wildman–Crippen MR) is 72.4 cm³/mol. The minimum atomic E-state index is -4.23. The van der Waals surface area contributed by atoms with Gasteiger partial charge in [-0.15, -0.1) is 0 Å². The van der Waals surface area contributed by atoms with Gasteiger partial charge in [-0.1, -0.05) is 0 Å². The van der Waals surface area contributed by atoms with E-state index in [-0.39, 0.29) is 5.69 Å². The number of rotatable bonds is 4. The molecule has 10 heteroatoms. The molecule has 0 saturated carbocycles. The maximum absolute atomic E-state index is 13.5. The summed E-state index contributed by atoms with van der Waals surface area (Å²) in [6.07, 6.45) is 0.890. The first-order chi connectivity index (χ1) is 8.93. The number of carbonyl (C=O) groups excluding carboxylic acids is 1. The van der Waals surface area contributed by atoms with Crippen molar-refractivity contribution in [2.45, 2.75) is 17.1 Å². The Balaban J connectivity index is 3.02. The van der Waals surface area contributed by atoms with Gasteiger partial charge in [-0.3, -0.25) is 4.79 Å². The van der Waals surface area contributed by atoms with Crippen LogP contribution in [-0.2, 0) is 23.7 Å². The molecule has 0 heterocycles. The molecule has 20 heavy (non-hydrogen) atoms. The van der Waals surface area contributed by atoms with Crippen LogP contribution >= 0.6 is 10.7 Å². The first kappa shape index (κ1) is 16.9. The number of amides is 1. The smallest absolute Gasteiger partial charge is 0.264 e. The normalized spacial score (nSPS) is 13.8. The summed E-state index contributed by atoms with van der Waals surface area (Å²) in [6, 6.07) is 2.71. The average Bonchev–Trinajstić information content (AvgIpc) is 2.24. The van der Waals surface area contributed by atoms with Crippen molar-refractivity contribution in [3.8, 4) is 0 Å². The molecule has 0 saturated heterocycles. The highest BCUT2D eigenvalue weighted by Gasteiger charge is 2.24. The summed E-state index contributed by atoms with van der Waals surface area (Å²) in [5.74, 6) is -2.00. The second-order valence-corrected chi connectivity index (χ2v) is 8.94. The Kier molecular flexibility index (Phi) is 4.78. The highest BCUT2D eigenvalue weighted by molar-refractivity contribution is 8.13. The zero-order chi connectivity index (χ0) is 15.7. The van der Waals surface area contributed by atoms with Gasteiger partial charge in [-0.25, -0.2) is 21.2 Å². The lowest BCUT2D eigenvalue weighted by Gasteiger charge is -2.11. The van der Waals surface area contributed by atoms with Crippen LogP contribution in [0.3, 0.4) is 0 Å². The molecule has 1 amide bonds. The summed E-state index contributed by atoms with van der Waals surface area (Å²) in [5.41, 5.74) is -0.0768. The number of hydrogen-bond donors (Lipinski definition) is 1. The molecule has 0 aliphatic heterocycles. The van der Waals surface area contributed by atoms with Gasteiger partial charge in [0.1, 0.15) is 16.0 Å². The fraction of sp³-hybridized carbons (Fsp3) is 0.300. The van der Waals surface area contributed by atoms with Gasteiger partial charge in [0, 0.05) is 22.6 Å². The molecule has 1 aromatic rings. The van der Waals surface area contributed by atoms with Crippen LogP contribution in [0.1, 0.15) is 6.92 Å². The van der Waals surface area contributed by atoms with Crippen molar-refractivity contribution in [3.63, 3.8) is 0 Å². The van der Waals surface area contributed by atoms with Crippen LogP contribution in [0.25, 0.3) is 0 Å². The highest BCUT2D eigenvalue weighted by Crippen LogP contribution is 2.22. The largest absolute Gasteiger partial charge is 0.325 e. The van der Waals surface area contributed by atoms with Crippen LogP contribution in [0.4, 0.5) is 10.1 Å². The Labute approximate surface area is 120 Å². The van der Waals surface area contributed by atoms with E-state index in [0.717, 1.165) is 24.5 Å². The number of sulfone groups is 1. The molecule has 1 atom stereocenters. The molecule has 0 aliphatic carbocycles. The Morgan fingerprint density at radius 3 is 2.25 bits per heavy atom. The standard InChI is InChI=1S/C10H11ClFNO5S2/c1-6(19(2,15)16)10(14)13-7-3-4-9(8(12)5-7)20(11,17)18/h3-6H,1-2H3,(H,13,14). The van der Waals surface area contributed by atoms with Gasteiger partial charge in [0.05, 0.1) is 0 Å². The molecule has 0 aliphatic rings. The average molecular weight is 344 g/mol. The van der Waals surface area contributed by atoms with Crippen LogP contribution in [0.15, 0.2) is 23.1 Å². The van der Waals surface area contributed by atoms with Crippen molar-refractivity contribution in [2.24, 2.45) is 0 Å². The van der Waals surface area contributed by atoms with E-state index in [0.29, 0.717) is 0 Å². The summed E-state index contributed by atoms with van der Waals surface area (Å²) >= 11 is 0. The lowest BCUT2D eigenvalue weighted by Crippen LogP contribution is -2.31. The van der Waals surface area contributed by atoms with Crippen molar-refractivity contribution in [1.82, 2.24) is 0 Å². The third-order valence-electron chi connectivity index (χ3n) is 2.47. The zero-order valence-corrected chi connectivity index (χ0v) is 12.8. The van der Waals surface area contributed by atoms with Gasteiger partial charge < -0.3 is 5.32 Å². The van der Waals surface area contributed by atoms with Gasteiger partial charge in [0.15, 0.2) is 9.84 Å². The van der Waals surface area contributed by atoms with Crippen molar-refractivity contribution in [1.29, 1.82) is 0 Å². The Bertz CT molecular complexity index is 745. The van der Waals surface area contributed by atoms with E-state index in [2.05, 4.69) is 5.32 Å². The molecule has 1 aromatic carbocycles. The van der Waals surface area contributed by atoms with Crippen molar-refractivity contribution in [2.75, 3.05) is 11.6 Å². The molecule has 112 valence electrons. The second kappa shape index (κ2) is 5.66. The maximum atomic E-state index is 13.5. The lowest BCUT2D eigenvalue weighted by atomic mass is 10.3. The van der Waals surface area contributed by atoms with Crippen LogP contribution in [0, 0.1) is 5.82 Å². The zero-order valence-electron chi connectivity index (χ0n) is 10.4. The third-order valence-corrected chi connectivity index (χ3v) is 5.33. The van der Waals surface area contributed by atoms with E-state index < -0.39 is 40.8 Å². The SMILES string of the molecule is CC(C(=O)Nc1ccc(S(=O)(=O)Cl)c(F)c1)S(C)(=O)=O. The Morgan fingerprint density at radius 1 is 1.30 bits per heavy atom. The Morgan fingerprint density at radius 2 is 1.85 bits per heavy atom. The molecule has 1 rings (SSSR count). The minimum Gasteiger partial charge on any atom is -0.325 e. The molecular formula is C10H11ClFNO5S2. The van der Waals surface area contributed by atoms with Crippen LogP contribution in [-0.4, -0.2) is 34.2 Å². The highest BCUT2D eigenvalue weighted by atomic mass is 35.7. The lowest BCUT2D eigenvalue weighted by molar-refractivity contribution is -0.115. The third kappa shape index (κ3) is 4.15. The fourth-order valence-corrected chi connectivity index (χ4v) is 2.56. The van der Waals surface area contributed by atoms with E-state index in [1.165, 1.54) is 6.92 Å². The predicted octanol–water partition coefficient (Wildman–Crippen LogP) is 1.12. The summed E-state index contributed by atoms with van der Waals surface area (Å²) in [5, 5.41) is 0.854. The van der Waals surface area contributed by atoms with Gasteiger partial charge in [0.25, 0.3) is 9.05 Å². The Hall–Kier alpha value is -1.19. The van der Waals surface area contributed by atoms with Gasteiger partial charge in [0.2, 0.25) is 5.91 Å². The number of hydrogen-bond acceptors (Lipinski definition) is 5. The number of benzene rings is 1. The van der Waals surface area contributed by atoms with Gasteiger partial charge >= 0.3 is 0 Å². The molecule has 0 radical (unpaired) electrons. The maximum Gasteiger partial charge on any atom is 0.264 e. The fourth-order valence-electron chi connectivity index (χ4n) is 1.21. The quantitative estimate of drug-likeness (QED) is 0.826. The topological polar surface area (TPSA) is 97.4 Å². The van der Waals surface area contributed by atoms with E-state index in [1.807, 2.05) is 0 Å². The van der Waals surface area contributed by atoms with Crippen molar-refractivity contribution < 1.29 is 26.0 Å². The molecule has 0 fully saturated rings. The van der Waals surface area contributed by atoms with E-state index >= 15 is 0 Å². The first-order valence-corrected chi connectivity index (χ1v) is 9.43. The summed E-state index contributed by atoms with van der Waals surface area (Å²) in [4.78, 5) is 10.9. The van der Waals surface area contributed by atoms with Crippen LogP contribution in [0.5, 0.6) is 0 Å². The van der Waals surface area contributed by atoms with Crippen molar-refractivity contribution in [3.05, 3.63) is 24.0 Å². The number of carbonyl (C=O) groups is 1. The molecule has 0 aromatic heterocycles. The second-order valence-electron chi connectivity index (χ2n) is 4.04. The van der Waals surface area contributed by atoms with E-state index in [9.17, 15) is 26.0 Å². The van der Waals surface area contributed by atoms with Crippen molar-refractivity contribution >= 4 is 41.2 Å². The molecule has 1 unspecified atom stereocenters. The molecule has 0 spiro atoms. The number of nitrogens with one attached hydrogen (secondary N) is 1. The summed E-state index contributed by atoms with van der Waals surface area (Å²) in [6.45, 7) is 1.18. The van der Waals surface area contributed by atoms with E-state index in [1.54, 1.807) is 0 Å². The first-order valence-electron chi connectivity index (χ1n) is 5.17. The summed E-state index contributed by atoms with van der Waals surface area (Å²) in [7, 11) is -2.82. The minimum absolute atomic E-state index is 0.0768. The molecule has 1 N–H and O–H groups in total. The van der Waals surface area contributed by atoms with Gasteiger partial charge in [-0.2, -0.15) is 0 Å².